The third kappa shape index (κ3) is 1.81. The van der Waals surface area contributed by atoms with Crippen molar-refractivity contribution in [1.29, 1.82) is 0 Å². The first-order chi connectivity index (χ1) is 7.18. The fraction of sp³-hybridized carbons (Fsp3) is 0.571. The highest BCUT2D eigenvalue weighted by Crippen LogP contribution is 2.38. The lowest BCUT2D eigenvalue weighted by molar-refractivity contribution is 0.0336. The normalized spacial score (nSPS) is 20.3. The third-order valence-corrected chi connectivity index (χ3v) is 3.80. The average Bonchev–Trinajstić information content (AvgIpc) is 2.18. The zero-order valence-corrected chi connectivity index (χ0v) is 10.0. The van der Waals surface area contributed by atoms with Crippen LogP contribution in [0.25, 0.3) is 0 Å². The smallest absolute Gasteiger partial charge is 0.0205 e. The van der Waals surface area contributed by atoms with Crippen LogP contribution in [-0.4, -0.2) is 24.0 Å². The van der Waals surface area contributed by atoms with Crippen LogP contribution in [0.5, 0.6) is 0 Å². The second-order valence-corrected chi connectivity index (χ2v) is 5.00. The monoisotopic (exact) mass is 203 g/mol. The van der Waals surface area contributed by atoms with E-state index in [2.05, 4.69) is 56.0 Å². The summed E-state index contributed by atoms with van der Waals surface area (Å²) in [6.07, 6.45) is 1.25. The molecule has 1 aromatic rings. The summed E-state index contributed by atoms with van der Waals surface area (Å²) in [6.45, 7) is 9.33. The molecular formula is C14H21N. The molecule has 0 atom stereocenters. The van der Waals surface area contributed by atoms with E-state index in [1.807, 2.05) is 0 Å². The zero-order chi connectivity index (χ0) is 10.9. The number of benzene rings is 1. The van der Waals surface area contributed by atoms with Gasteiger partial charge in [0.05, 0.1) is 0 Å². The molecule has 1 heteroatoms. The molecule has 1 aromatic carbocycles. The van der Waals surface area contributed by atoms with Crippen molar-refractivity contribution >= 4 is 0 Å². The van der Waals surface area contributed by atoms with Gasteiger partial charge in [0.15, 0.2) is 0 Å². The first-order valence-electron chi connectivity index (χ1n) is 5.97. The first-order valence-corrected chi connectivity index (χ1v) is 5.97. The Morgan fingerprint density at radius 3 is 2.27 bits per heavy atom. The molecule has 2 rings (SSSR count). The molecule has 0 saturated carbocycles. The molecule has 1 fully saturated rings. The van der Waals surface area contributed by atoms with Crippen LogP contribution in [0.1, 0.15) is 32.8 Å². The maximum absolute atomic E-state index is 2.55. The van der Waals surface area contributed by atoms with E-state index in [1.165, 1.54) is 25.1 Å². The van der Waals surface area contributed by atoms with Crippen molar-refractivity contribution in [2.24, 2.45) is 0 Å². The lowest BCUT2D eigenvalue weighted by Gasteiger charge is -2.52. The predicted molar refractivity (Wildman–Crippen MR) is 65.1 cm³/mol. The largest absolute Gasteiger partial charge is 0.299 e. The molecule has 0 aromatic heterocycles. The minimum absolute atomic E-state index is 0.436. The van der Waals surface area contributed by atoms with E-state index >= 15 is 0 Å². The maximum atomic E-state index is 2.55. The van der Waals surface area contributed by atoms with E-state index in [1.54, 1.807) is 0 Å². The van der Waals surface area contributed by atoms with Gasteiger partial charge in [0, 0.05) is 24.5 Å². The Morgan fingerprint density at radius 1 is 1.20 bits per heavy atom. The van der Waals surface area contributed by atoms with Crippen LogP contribution in [0.4, 0.5) is 0 Å². The van der Waals surface area contributed by atoms with Crippen LogP contribution >= 0.6 is 0 Å². The van der Waals surface area contributed by atoms with Gasteiger partial charge in [0.1, 0.15) is 0 Å². The molecule has 0 N–H and O–H groups in total. The Labute approximate surface area is 93.1 Å². The number of hydrogen-bond donors (Lipinski definition) is 0. The molecule has 1 nitrogen and oxygen atoms in total. The van der Waals surface area contributed by atoms with Gasteiger partial charge in [-0.1, -0.05) is 37.3 Å². The molecule has 0 amide bonds. The molecule has 1 heterocycles. The van der Waals surface area contributed by atoms with Gasteiger partial charge in [-0.3, -0.25) is 4.90 Å². The molecule has 1 aliphatic heterocycles. The molecule has 0 unspecified atom stereocenters. The quantitative estimate of drug-likeness (QED) is 0.730. The summed E-state index contributed by atoms with van der Waals surface area (Å²) in [7, 11) is 0. The van der Waals surface area contributed by atoms with Crippen LogP contribution in [0.15, 0.2) is 30.3 Å². The number of nitrogens with zero attached hydrogens (tertiary/aromatic N) is 1. The van der Waals surface area contributed by atoms with Gasteiger partial charge < -0.3 is 0 Å². The SMILES string of the molecule is CCC1(c2ccccc2)CN(C(C)C)C1. The van der Waals surface area contributed by atoms with Crippen LogP contribution < -0.4 is 0 Å². The van der Waals surface area contributed by atoms with Crippen molar-refractivity contribution in [1.82, 2.24) is 4.90 Å². The van der Waals surface area contributed by atoms with Gasteiger partial charge in [0.25, 0.3) is 0 Å². The Bertz CT molecular complexity index is 309. The minimum atomic E-state index is 0.436. The zero-order valence-electron chi connectivity index (χ0n) is 10.0. The Morgan fingerprint density at radius 2 is 1.80 bits per heavy atom. The fourth-order valence-corrected chi connectivity index (χ4v) is 2.50. The Balaban J connectivity index is 2.14. The summed E-state index contributed by atoms with van der Waals surface area (Å²) in [6, 6.07) is 11.7. The van der Waals surface area contributed by atoms with Gasteiger partial charge >= 0.3 is 0 Å². The first kappa shape index (κ1) is 10.7. The topological polar surface area (TPSA) is 3.24 Å². The molecular weight excluding hydrogens is 182 g/mol. The molecule has 0 aliphatic carbocycles. The number of rotatable bonds is 3. The number of likely N-dealkylation sites (tertiary alicyclic amines) is 1. The average molecular weight is 203 g/mol. The highest BCUT2D eigenvalue weighted by atomic mass is 15.2. The molecule has 0 bridgehead atoms. The molecule has 82 valence electrons. The Kier molecular flexibility index (Phi) is 2.83. The second-order valence-electron chi connectivity index (χ2n) is 5.00. The van der Waals surface area contributed by atoms with Gasteiger partial charge in [-0.25, -0.2) is 0 Å². The maximum Gasteiger partial charge on any atom is 0.0205 e. The van der Waals surface area contributed by atoms with Crippen molar-refractivity contribution < 1.29 is 0 Å². The van der Waals surface area contributed by atoms with Crippen LogP contribution in [0.3, 0.4) is 0 Å². The Hall–Kier alpha value is -0.820. The molecule has 1 saturated heterocycles. The summed E-state index contributed by atoms with van der Waals surface area (Å²) in [5, 5.41) is 0. The lowest BCUT2D eigenvalue weighted by Crippen LogP contribution is -2.61. The molecule has 0 spiro atoms. The summed E-state index contributed by atoms with van der Waals surface area (Å²) >= 11 is 0. The van der Waals surface area contributed by atoms with Crippen molar-refractivity contribution in [2.75, 3.05) is 13.1 Å². The summed E-state index contributed by atoms with van der Waals surface area (Å²) in [5.41, 5.74) is 1.95. The highest BCUT2D eigenvalue weighted by molar-refractivity contribution is 5.29. The fourth-order valence-electron chi connectivity index (χ4n) is 2.50. The van der Waals surface area contributed by atoms with Crippen LogP contribution in [0.2, 0.25) is 0 Å². The molecule has 1 aliphatic rings. The summed E-state index contributed by atoms with van der Waals surface area (Å²) < 4.78 is 0. The van der Waals surface area contributed by atoms with Crippen molar-refractivity contribution in [3.63, 3.8) is 0 Å². The molecule has 0 radical (unpaired) electrons. The summed E-state index contributed by atoms with van der Waals surface area (Å²) in [5.74, 6) is 0. The van der Waals surface area contributed by atoms with E-state index in [4.69, 9.17) is 0 Å². The standard InChI is InChI=1S/C14H21N/c1-4-14(10-15(11-14)12(2)3)13-8-6-5-7-9-13/h5-9,12H,4,10-11H2,1-3H3. The van der Waals surface area contributed by atoms with E-state index < -0.39 is 0 Å². The van der Waals surface area contributed by atoms with Gasteiger partial charge in [-0.2, -0.15) is 0 Å². The second kappa shape index (κ2) is 3.97. The third-order valence-electron chi connectivity index (χ3n) is 3.80. The van der Waals surface area contributed by atoms with Crippen LogP contribution in [0, 0.1) is 0 Å². The van der Waals surface area contributed by atoms with E-state index in [9.17, 15) is 0 Å². The van der Waals surface area contributed by atoms with Crippen molar-refractivity contribution in [3.8, 4) is 0 Å². The van der Waals surface area contributed by atoms with Crippen molar-refractivity contribution in [2.45, 2.75) is 38.6 Å². The minimum Gasteiger partial charge on any atom is -0.299 e. The van der Waals surface area contributed by atoms with E-state index in [-0.39, 0.29) is 0 Å². The van der Waals surface area contributed by atoms with Gasteiger partial charge in [-0.05, 0) is 25.8 Å². The lowest BCUT2D eigenvalue weighted by atomic mass is 9.71. The van der Waals surface area contributed by atoms with E-state index in [0.29, 0.717) is 11.5 Å². The number of hydrogen-bond acceptors (Lipinski definition) is 1. The van der Waals surface area contributed by atoms with Gasteiger partial charge in [0.2, 0.25) is 0 Å². The van der Waals surface area contributed by atoms with Crippen LogP contribution in [-0.2, 0) is 5.41 Å². The van der Waals surface area contributed by atoms with E-state index in [0.717, 1.165) is 0 Å². The highest BCUT2D eigenvalue weighted by Gasteiger charge is 2.43. The molecule has 15 heavy (non-hydrogen) atoms. The predicted octanol–water partition coefficient (Wildman–Crippen LogP) is 3.06. The van der Waals surface area contributed by atoms with Crippen molar-refractivity contribution in [3.05, 3.63) is 35.9 Å². The van der Waals surface area contributed by atoms with Gasteiger partial charge in [-0.15, -0.1) is 0 Å². The summed E-state index contributed by atoms with van der Waals surface area (Å²) in [4.78, 5) is 2.55.